The van der Waals surface area contributed by atoms with Crippen molar-refractivity contribution in [3.63, 3.8) is 0 Å². The number of hydrogen-bond donors (Lipinski definition) is 2. The molecule has 0 bridgehead atoms. The van der Waals surface area contributed by atoms with Gasteiger partial charge >= 0.3 is 0 Å². The maximum Gasteiger partial charge on any atom is 0.291 e. The van der Waals surface area contributed by atoms with E-state index in [4.69, 9.17) is 0 Å². The van der Waals surface area contributed by atoms with Crippen LogP contribution in [0.1, 0.15) is 21.7 Å². The van der Waals surface area contributed by atoms with Crippen LogP contribution >= 0.6 is 0 Å². The molecule has 0 unspecified atom stereocenters. The molecule has 120 valence electrons. The Morgan fingerprint density at radius 1 is 1.25 bits per heavy atom. The maximum atomic E-state index is 12.1. The predicted octanol–water partition coefficient (Wildman–Crippen LogP) is 2.05. The number of nitrogens with zero attached hydrogens (tertiary/aromatic N) is 4. The summed E-state index contributed by atoms with van der Waals surface area (Å²) in [6.07, 6.45) is 3.03. The Hall–Kier alpha value is -3.48. The molecule has 3 aromatic rings. The number of carbonyl (C=O) groups is 1. The van der Waals surface area contributed by atoms with Crippen LogP contribution in [-0.2, 0) is 0 Å². The first-order valence-electron chi connectivity index (χ1n) is 7.24. The van der Waals surface area contributed by atoms with Gasteiger partial charge in [-0.3, -0.25) is 4.79 Å². The van der Waals surface area contributed by atoms with Gasteiger partial charge in [0, 0.05) is 17.5 Å². The molecule has 2 heterocycles. The molecule has 0 radical (unpaired) electrons. The van der Waals surface area contributed by atoms with Crippen molar-refractivity contribution in [1.29, 1.82) is 0 Å². The van der Waals surface area contributed by atoms with Crippen LogP contribution in [0.5, 0.6) is 5.75 Å². The van der Waals surface area contributed by atoms with Gasteiger partial charge in [-0.1, -0.05) is 18.2 Å². The second-order valence-corrected chi connectivity index (χ2v) is 5.03. The summed E-state index contributed by atoms with van der Waals surface area (Å²) in [5.74, 6) is 0.275. The number of nitrogens with one attached hydrogen (secondary N) is 1. The number of para-hydroxylation sites is 1. The third-order valence-corrected chi connectivity index (χ3v) is 3.29. The number of hydrazone groups is 1. The normalized spacial score (nSPS) is 10.9. The molecule has 0 aliphatic heterocycles. The van der Waals surface area contributed by atoms with Crippen LogP contribution in [0.15, 0.2) is 59.8 Å². The average molecular weight is 321 g/mol. The van der Waals surface area contributed by atoms with E-state index in [9.17, 15) is 9.90 Å². The number of pyridine rings is 1. The Bertz CT molecular complexity index is 887. The van der Waals surface area contributed by atoms with Gasteiger partial charge in [0.2, 0.25) is 0 Å². The summed E-state index contributed by atoms with van der Waals surface area (Å²) >= 11 is 0. The molecule has 7 heteroatoms. The number of phenols is 1. The van der Waals surface area contributed by atoms with E-state index in [-0.39, 0.29) is 11.4 Å². The van der Waals surface area contributed by atoms with Crippen molar-refractivity contribution in [2.24, 2.45) is 5.10 Å². The first kappa shape index (κ1) is 15.4. The minimum atomic E-state index is -0.445. The molecule has 7 nitrogen and oxygen atoms in total. The van der Waals surface area contributed by atoms with Crippen LogP contribution in [0.4, 0.5) is 0 Å². The first-order chi connectivity index (χ1) is 11.6. The highest BCUT2D eigenvalue weighted by molar-refractivity contribution is 5.93. The number of benzene rings is 1. The molecule has 0 aliphatic carbocycles. The number of phenolic OH excluding ortho intramolecular Hbond substituents is 1. The summed E-state index contributed by atoms with van der Waals surface area (Å²) in [6.45, 7) is 1.84. The SMILES string of the molecule is Cc1cc(C(=O)N/N=C/c2ccccc2O)nn1-c1ccccn1. The molecule has 1 amide bonds. The molecule has 2 N–H and O–H groups in total. The number of aromatic hydroxyl groups is 1. The Morgan fingerprint density at radius 3 is 2.79 bits per heavy atom. The molecule has 0 saturated heterocycles. The fraction of sp³-hybridized carbons (Fsp3) is 0.0588. The topological polar surface area (TPSA) is 92.4 Å². The van der Waals surface area contributed by atoms with Gasteiger partial charge in [-0.05, 0) is 37.3 Å². The van der Waals surface area contributed by atoms with Crippen molar-refractivity contribution >= 4 is 12.1 Å². The molecule has 2 aromatic heterocycles. The quantitative estimate of drug-likeness (QED) is 0.568. The Morgan fingerprint density at radius 2 is 2.04 bits per heavy atom. The summed E-state index contributed by atoms with van der Waals surface area (Å²) < 4.78 is 1.58. The largest absolute Gasteiger partial charge is 0.507 e. The number of aromatic nitrogens is 3. The summed E-state index contributed by atoms with van der Waals surface area (Å²) in [5.41, 5.74) is 3.91. The van der Waals surface area contributed by atoms with Gasteiger partial charge in [0.1, 0.15) is 5.75 Å². The van der Waals surface area contributed by atoms with Crippen LogP contribution in [0, 0.1) is 6.92 Å². The van der Waals surface area contributed by atoms with Gasteiger partial charge in [-0.15, -0.1) is 0 Å². The summed E-state index contributed by atoms with van der Waals surface area (Å²) in [5, 5.41) is 17.7. The smallest absolute Gasteiger partial charge is 0.291 e. The van der Waals surface area contributed by atoms with Crippen LogP contribution in [0.3, 0.4) is 0 Å². The van der Waals surface area contributed by atoms with E-state index < -0.39 is 5.91 Å². The van der Waals surface area contributed by atoms with Crippen LogP contribution in [0.25, 0.3) is 5.82 Å². The lowest BCUT2D eigenvalue weighted by molar-refractivity contribution is 0.0949. The molecule has 0 aliphatic rings. The van der Waals surface area contributed by atoms with Crippen LogP contribution < -0.4 is 5.43 Å². The molecule has 24 heavy (non-hydrogen) atoms. The van der Waals surface area contributed by atoms with E-state index in [1.165, 1.54) is 6.21 Å². The molecule has 0 fully saturated rings. The van der Waals surface area contributed by atoms with Crippen LogP contribution in [-0.4, -0.2) is 32.0 Å². The van der Waals surface area contributed by atoms with Gasteiger partial charge in [-0.25, -0.2) is 15.1 Å². The van der Waals surface area contributed by atoms with Crippen molar-refractivity contribution in [2.45, 2.75) is 6.92 Å². The number of rotatable bonds is 4. The lowest BCUT2D eigenvalue weighted by Gasteiger charge is -2.01. The zero-order valence-electron chi connectivity index (χ0n) is 12.9. The zero-order chi connectivity index (χ0) is 16.9. The molecule has 0 saturated carbocycles. The standard InChI is InChI=1S/C17H15N5O2/c1-12-10-14(21-22(12)16-8-4-5-9-18-16)17(24)20-19-11-13-6-2-3-7-15(13)23/h2-11,23H,1H3,(H,20,24)/b19-11+. The Kier molecular flexibility index (Phi) is 4.33. The Labute approximate surface area is 138 Å². The number of aryl methyl sites for hydroxylation is 1. The summed E-state index contributed by atoms with van der Waals surface area (Å²) in [4.78, 5) is 16.3. The minimum absolute atomic E-state index is 0.0887. The lowest BCUT2D eigenvalue weighted by atomic mass is 10.2. The minimum Gasteiger partial charge on any atom is -0.507 e. The lowest BCUT2D eigenvalue weighted by Crippen LogP contribution is -2.18. The van der Waals surface area contributed by atoms with Gasteiger partial charge in [0.25, 0.3) is 5.91 Å². The summed E-state index contributed by atoms with van der Waals surface area (Å²) in [6, 6.07) is 13.8. The fourth-order valence-electron chi connectivity index (χ4n) is 2.11. The molecule has 1 aromatic carbocycles. The predicted molar refractivity (Wildman–Crippen MR) is 89.3 cm³/mol. The molecule has 0 spiro atoms. The van der Waals surface area contributed by atoms with E-state index in [1.54, 1.807) is 47.3 Å². The van der Waals surface area contributed by atoms with E-state index in [1.807, 2.05) is 19.1 Å². The van der Waals surface area contributed by atoms with E-state index in [2.05, 4.69) is 20.6 Å². The highest BCUT2D eigenvalue weighted by Gasteiger charge is 2.13. The highest BCUT2D eigenvalue weighted by atomic mass is 16.3. The van der Waals surface area contributed by atoms with Crippen LogP contribution in [0.2, 0.25) is 0 Å². The number of amides is 1. The fourth-order valence-corrected chi connectivity index (χ4v) is 2.11. The zero-order valence-corrected chi connectivity index (χ0v) is 12.9. The average Bonchev–Trinajstić information content (AvgIpc) is 2.99. The van der Waals surface area contributed by atoms with Crippen molar-refractivity contribution in [1.82, 2.24) is 20.2 Å². The van der Waals surface area contributed by atoms with Crippen molar-refractivity contribution in [2.75, 3.05) is 0 Å². The van der Waals surface area contributed by atoms with Gasteiger partial charge in [-0.2, -0.15) is 10.2 Å². The monoisotopic (exact) mass is 321 g/mol. The van der Waals surface area contributed by atoms with Gasteiger partial charge < -0.3 is 5.11 Å². The third kappa shape index (κ3) is 3.30. The van der Waals surface area contributed by atoms with Crippen molar-refractivity contribution < 1.29 is 9.90 Å². The first-order valence-corrected chi connectivity index (χ1v) is 7.24. The maximum absolute atomic E-state index is 12.1. The molecular weight excluding hydrogens is 306 g/mol. The van der Waals surface area contributed by atoms with Gasteiger partial charge in [0.15, 0.2) is 11.5 Å². The van der Waals surface area contributed by atoms with E-state index >= 15 is 0 Å². The number of hydrogen-bond acceptors (Lipinski definition) is 5. The van der Waals surface area contributed by atoms with E-state index in [0.29, 0.717) is 11.4 Å². The molecule has 0 atom stereocenters. The van der Waals surface area contributed by atoms with E-state index in [0.717, 1.165) is 5.69 Å². The summed E-state index contributed by atoms with van der Waals surface area (Å²) in [7, 11) is 0. The number of carbonyl (C=O) groups excluding carboxylic acids is 1. The second-order valence-electron chi connectivity index (χ2n) is 5.03. The third-order valence-electron chi connectivity index (χ3n) is 3.29. The second kappa shape index (κ2) is 6.74. The van der Waals surface area contributed by atoms with Crippen molar-refractivity contribution in [3.8, 4) is 11.6 Å². The Balaban J connectivity index is 1.73. The molecule has 3 rings (SSSR count). The van der Waals surface area contributed by atoms with Crippen molar-refractivity contribution in [3.05, 3.63) is 71.7 Å². The highest BCUT2D eigenvalue weighted by Crippen LogP contribution is 2.12. The molecular formula is C17H15N5O2. The van der Waals surface area contributed by atoms with Gasteiger partial charge in [0.05, 0.1) is 6.21 Å².